The lowest BCUT2D eigenvalue weighted by Crippen LogP contribution is -2.03. The second-order valence-corrected chi connectivity index (χ2v) is 7.23. The monoisotopic (exact) mass is 392 g/mol. The Balaban J connectivity index is 2.58. The second kappa shape index (κ2) is 6.73. The standard InChI is InChI=1S/C15H9BrN2O4S/c16-12-5-7-13(8-6-12)23(21,22)14(10-17)9-11-3-1-2-4-15(11)18(19)20/h1-9H. The molecule has 6 nitrogen and oxygen atoms in total. The molecule has 2 aromatic rings. The Morgan fingerprint density at radius 2 is 1.78 bits per heavy atom. The van der Waals surface area contributed by atoms with E-state index < -0.39 is 19.7 Å². The minimum Gasteiger partial charge on any atom is -0.258 e. The predicted molar refractivity (Wildman–Crippen MR) is 88.0 cm³/mol. The highest BCUT2D eigenvalue weighted by Crippen LogP contribution is 2.26. The van der Waals surface area contributed by atoms with Crippen molar-refractivity contribution in [2.75, 3.05) is 0 Å². The average Bonchev–Trinajstić information content (AvgIpc) is 2.53. The summed E-state index contributed by atoms with van der Waals surface area (Å²) in [5.41, 5.74) is -0.221. The van der Waals surface area contributed by atoms with E-state index in [1.807, 2.05) is 0 Å². The van der Waals surface area contributed by atoms with Crippen LogP contribution < -0.4 is 0 Å². The van der Waals surface area contributed by atoms with Gasteiger partial charge < -0.3 is 0 Å². The van der Waals surface area contributed by atoms with Gasteiger partial charge in [-0.3, -0.25) is 10.1 Å². The van der Waals surface area contributed by atoms with Crippen LogP contribution in [0.1, 0.15) is 5.56 Å². The van der Waals surface area contributed by atoms with E-state index in [-0.39, 0.29) is 16.1 Å². The van der Waals surface area contributed by atoms with Gasteiger partial charge >= 0.3 is 0 Å². The van der Waals surface area contributed by atoms with Crippen molar-refractivity contribution in [3.05, 3.63) is 73.6 Å². The van der Waals surface area contributed by atoms with Crippen LogP contribution >= 0.6 is 15.9 Å². The largest absolute Gasteiger partial charge is 0.276 e. The predicted octanol–water partition coefficient (Wildman–Crippen LogP) is 3.70. The number of nitro benzene ring substituents is 1. The zero-order valence-corrected chi connectivity index (χ0v) is 13.9. The van der Waals surface area contributed by atoms with Crippen molar-refractivity contribution < 1.29 is 13.3 Å². The van der Waals surface area contributed by atoms with E-state index in [1.165, 1.54) is 48.5 Å². The van der Waals surface area contributed by atoms with E-state index >= 15 is 0 Å². The highest BCUT2D eigenvalue weighted by molar-refractivity contribution is 9.10. The van der Waals surface area contributed by atoms with Crippen molar-refractivity contribution in [2.45, 2.75) is 4.90 Å². The van der Waals surface area contributed by atoms with Gasteiger partial charge in [-0.15, -0.1) is 0 Å². The van der Waals surface area contributed by atoms with Crippen LogP contribution in [-0.2, 0) is 9.84 Å². The molecule has 0 fully saturated rings. The maximum atomic E-state index is 12.5. The lowest BCUT2D eigenvalue weighted by Gasteiger charge is -2.04. The summed E-state index contributed by atoms with van der Waals surface area (Å²) >= 11 is 3.20. The Kier molecular flexibility index (Phi) is 4.93. The van der Waals surface area contributed by atoms with Crippen molar-refractivity contribution in [2.24, 2.45) is 0 Å². The van der Waals surface area contributed by atoms with Crippen molar-refractivity contribution in [3.63, 3.8) is 0 Å². The first-order valence-corrected chi connectivity index (χ1v) is 8.50. The number of rotatable bonds is 4. The van der Waals surface area contributed by atoms with E-state index in [4.69, 9.17) is 0 Å². The fourth-order valence-corrected chi connectivity index (χ4v) is 3.24. The molecule has 0 bridgehead atoms. The normalized spacial score (nSPS) is 11.7. The molecule has 0 heterocycles. The molecule has 0 saturated carbocycles. The van der Waals surface area contributed by atoms with E-state index in [9.17, 15) is 23.8 Å². The fraction of sp³-hybridized carbons (Fsp3) is 0. The molecular formula is C15H9BrN2O4S. The lowest BCUT2D eigenvalue weighted by atomic mass is 10.1. The van der Waals surface area contributed by atoms with E-state index in [1.54, 1.807) is 6.07 Å². The van der Waals surface area contributed by atoms with Gasteiger partial charge in [0.25, 0.3) is 5.69 Å². The van der Waals surface area contributed by atoms with Crippen molar-refractivity contribution >= 4 is 37.5 Å². The third-order valence-corrected chi connectivity index (χ3v) is 5.15. The Bertz CT molecular complexity index is 929. The van der Waals surface area contributed by atoms with E-state index in [0.29, 0.717) is 4.47 Å². The molecule has 2 rings (SSSR count). The van der Waals surface area contributed by atoms with Gasteiger partial charge in [0.05, 0.1) is 15.4 Å². The van der Waals surface area contributed by atoms with Crippen molar-refractivity contribution in [1.82, 2.24) is 0 Å². The van der Waals surface area contributed by atoms with Crippen LogP contribution in [0.2, 0.25) is 0 Å². The number of allylic oxidation sites excluding steroid dienone is 1. The molecule has 0 amide bonds. The Morgan fingerprint density at radius 1 is 1.17 bits per heavy atom. The maximum absolute atomic E-state index is 12.5. The molecule has 0 aliphatic carbocycles. The number of nitriles is 1. The molecule has 0 spiro atoms. The number of hydrogen-bond donors (Lipinski definition) is 0. The van der Waals surface area contributed by atoms with Gasteiger partial charge in [0.2, 0.25) is 9.84 Å². The number of para-hydroxylation sites is 1. The Labute approximate surface area is 140 Å². The number of hydrogen-bond acceptors (Lipinski definition) is 5. The van der Waals surface area contributed by atoms with Gasteiger partial charge in [0, 0.05) is 10.5 Å². The molecule has 23 heavy (non-hydrogen) atoms. The van der Waals surface area contributed by atoms with Gasteiger partial charge in [0.15, 0.2) is 0 Å². The van der Waals surface area contributed by atoms with Crippen LogP contribution in [0.5, 0.6) is 0 Å². The minimum atomic E-state index is -4.05. The summed E-state index contributed by atoms with van der Waals surface area (Å²) < 4.78 is 25.7. The van der Waals surface area contributed by atoms with Crippen LogP contribution in [0.25, 0.3) is 6.08 Å². The first-order valence-electron chi connectivity index (χ1n) is 6.22. The summed E-state index contributed by atoms with van der Waals surface area (Å²) in [6.45, 7) is 0. The van der Waals surface area contributed by atoms with Crippen LogP contribution in [0.3, 0.4) is 0 Å². The molecular weight excluding hydrogens is 384 g/mol. The van der Waals surface area contributed by atoms with Crippen LogP contribution in [0, 0.1) is 21.4 Å². The smallest absolute Gasteiger partial charge is 0.258 e. The van der Waals surface area contributed by atoms with Crippen LogP contribution in [0.4, 0.5) is 5.69 Å². The molecule has 0 aliphatic heterocycles. The van der Waals surface area contributed by atoms with Gasteiger partial charge in [-0.05, 0) is 36.4 Å². The summed E-state index contributed by atoms with van der Waals surface area (Å²) in [7, 11) is -4.05. The minimum absolute atomic E-state index is 0.0507. The quantitative estimate of drug-likeness (QED) is 0.448. The summed E-state index contributed by atoms with van der Waals surface area (Å²) in [5.74, 6) is 0. The van der Waals surface area contributed by atoms with Gasteiger partial charge in [-0.1, -0.05) is 28.1 Å². The van der Waals surface area contributed by atoms with E-state index in [2.05, 4.69) is 15.9 Å². The number of sulfone groups is 1. The average molecular weight is 393 g/mol. The summed E-state index contributed by atoms with van der Waals surface area (Å²) in [4.78, 5) is 9.73. The SMILES string of the molecule is N#CC(=Cc1ccccc1[N+](=O)[O-])S(=O)(=O)c1ccc(Br)cc1. The molecule has 116 valence electrons. The summed E-state index contributed by atoms with van der Waals surface area (Å²) in [6, 6.07) is 13.0. The van der Waals surface area contributed by atoms with Gasteiger partial charge in [-0.25, -0.2) is 8.42 Å². The highest BCUT2D eigenvalue weighted by Gasteiger charge is 2.22. The number of nitro groups is 1. The molecule has 2 aromatic carbocycles. The highest BCUT2D eigenvalue weighted by atomic mass is 79.9. The van der Waals surface area contributed by atoms with Gasteiger partial charge in [-0.2, -0.15) is 5.26 Å². The zero-order valence-electron chi connectivity index (χ0n) is 11.5. The molecule has 0 unspecified atom stereocenters. The van der Waals surface area contributed by atoms with Crippen molar-refractivity contribution in [1.29, 1.82) is 5.26 Å². The fourth-order valence-electron chi connectivity index (χ4n) is 1.83. The number of benzene rings is 2. The topological polar surface area (TPSA) is 101 Å². The first kappa shape index (κ1) is 16.9. The molecule has 0 atom stereocenters. The van der Waals surface area contributed by atoms with E-state index in [0.717, 1.165) is 6.08 Å². The zero-order chi connectivity index (χ0) is 17.0. The third-order valence-electron chi connectivity index (χ3n) is 2.94. The second-order valence-electron chi connectivity index (χ2n) is 4.39. The Hall–Kier alpha value is -2.50. The van der Waals surface area contributed by atoms with Crippen LogP contribution in [-0.4, -0.2) is 13.3 Å². The van der Waals surface area contributed by atoms with Gasteiger partial charge in [0.1, 0.15) is 11.0 Å². The number of halogens is 1. The first-order chi connectivity index (χ1) is 10.9. The Morgan fingerprint density at radius 3 is 2.35 bits per heavy atom. The van der Waals surface area contributed by atoms with Crippen molar-refractivity contribution in [3.8, 4) is 6.07 Å². The molecule has 8 heteroatoms. The molecule has 0 aliphatic rings. The lowest BCUT2D eigenvalue weighted by molar-refractivity contribution is -0.385. The summed E-state index contributed by atoms with van der Waals surface area (Å²) in [6.07, 6.45) is 1.01. The third kappa shape index (κ3) is 3.64. The molecule has 0 saturated heterocycles. The number of nitrogens with zero attached hydrogens (tertiary/aromatic N) is 2. The van der Waals surface area contributed by atoms with Crippen LogP contribution in [0.15, 0.2) is 62.8 Å². The molecule has 0 radical (unpaired) electrons. The molecule has 0 N–H and O–H groups in total. The summed E-state index contributed by atoms with van der Waals surface area (Å²) in [5, 5.41) is 20.2. The maximum Gasteiger partial charge on any atom is 0.276 e. The molecule has 0 aromatic heterocycles.